The highest BCUT2D eigenvalue weighted by molar-refractivity contribution is 5.99. The molecule has 2 aromatic heterocycles. The van der Waals surface area contributed by atoms with Crippen molar-refractivity contribution in [2.45, 2.75) is 0 Å². The fraction of sp³-hybridized carbons (Fsp3) is 0.333. The highest BCUT2D eigenvalue weighted by atomic mass is 16.2. The van der Waals surface area contributed by atoms with Gasteiger partial charge >= 0.3 is 0 Å². The summed E-state index contributed by atoms with van der Waals surface area (Å²) in [6.45, 7) is 1.60. The number of carbonyl (C=O) groups excluding carboxylic acids is 2. The first-order valence-electron chi connectivity index (χ1n) is 7.36. The van der Waals surface area contributed by atoms with Gasteiger partial charge in [0.1, 0.15) is 6.33 Å². The Morgan fingerprint density at radius 2 is 1.91 bits per heavy atom. The lowest BCUT2D eigenvalue weighted by atomic mass is 10.0. The predicted molar refractivity (Wildman–Crippen MR) is 79.3 cm³/mol. The number of carbonyl (C=O) groups is 2. The highest BCUT2D eigenvalue weighted by Crippen LogP contribution is 2.35. The average Bonchev–Trinajstić information content (AvgIpc) is 3.16. The van der Waals surface area contributed by atoms with E-state index in [0.717, 1.165) is 0 Å². The normalized spacial score (nSPS) is 23.2. The van der Waals surface area contributed by atoms with Gasteiger partial charge in [-0.05, 0) is 6.07 Å². The first-order chi connectivity index (χ1) is 11.2. The molecule has 2 aromatic rings. The molecule has 0 N–H and O–H groups in total. The van der Waals surface area contributed by atoms with E-state index in [1.165, 1.54) is 18.7 Å². The molecular formula is C15H14N6O2. The highest BCUT2D eigenvalue weighted by Gasteiger charge is 2.48. The molecule has 2 aliphatic heterocycles. The van der Waals surface area contributed by atoms with Crippen LogP contribution >= 0.6 is 0 Å². The Labute approximate surface area is 132 Å². The number of likely N-dealkylation sites (tertiary alicyclic amines) is 1. The summed E-state index contributed by atoms with van der Waals surface area (Å²) in [5.74, 6) is -0.0833. The predicted octanol–water partition coefficient (Wildman–Crippen LogP) is 0.00160. The van der Waals surface area contributed by atoms with E-state index >= 15 is 0 Å². The van der Waals surface area contributed by atoms with Crippen LogP contribution in [-0.4, -0.2) is 56.5 Å². The van der Waals surface area contributed by atoms with Crippen LogP contribution in [0.4, 0.5) is 5.69 Å². The Bertz CT molecular complexity index is 738. The van der Waals surface area contributed by atoms with Gasteiger partial charge in [-0.1, -0.05) is 0 Å². The van der Waals surface area contributed by atoms with Gasteiger partial charge in [-0.15, -0.1) is 0 Å². The molecule has 4 heterocycles. The zero-order valence-electron chi connectivity index (χ0n) is 12.2. The molecule has 2 amide bonds. The van der Waals surface area contributed by atoms with E-state index in [0.29, 0.717) is 30.9 Å². The van der Waals surface area contributed by atoms with Crippen LogP contribution in [0.25, 0.3) is 0 Å². The van der Waals surface area contributed by atoms with Gasteiger partial charge in [0.05, 0.1) is 42.0 Å². The Kier molecular flexibility index (Phi) is 3.22. The van der Waals surface area contributed by atoms with Crippen molar-refractivity contribution in [1.82, 2.24) is 25.1 Å². The minimum absolute atomic E-state index is 0.0351. The number of anilines is 1. The van der Waals surface area contributed by atoms with Gasteiger partial charge in [0.2, 0.25) is 5.91 Å². The molecule has 4 rings (SSSR count). The van der Waals surface area contributed by atoms with Gasteiger partial charge in [0.15, 0.2) is 0 Å². The minimum Gasteiger partial charge on any atom is -0.337 e. The van der Waals surface area contributed by atoms with Crippen LogP contribution in [0.15, 0.2) is 37.2 Å². The molecule has 2 saturated heterocycles. The van der Waals surface area contributed by atoms with Crippen molar-refractivity contribution in [2.24, 2.45) is 11.8 Å². The van der Waals surface area contributed by atoms with Crippen molar-refractivity contribution in [3.05, 3.63) is 42.7 Å². The molecule has 0 saturated carbocycles. The monoisotopic (exact) mass is 310 g/mol. The lowest BCUT2D eigenvalue weighted by Gasteiger charge is -2.21. The standard InChI is InChI=1S/C15H14N6O2/c22-14(10-1-2-18-19-3-10)20-6-11-7-21(15(23)13(11)8-20)12-4-16-9-17-5-12/h1-5,9,11,13H,6-8H2/t11-,13-/m1/s1. The third-order valence-corrected chi connectivity index (χ3v) is 4.42. The van der Waals surface area contributed by atoms with Gasteiger partial charge in [0, 0.05) is 25.6 Å². The summed E-state index contributed by atoms with van der Waals surface area (Å²) in [6.07, 6.45) is 7.65. The third kappa shape index (κ3) is 2.32. The maximum Gasteiger partial charge on any atom is 0.255 e. The summed E-state index contributed by atoms with van der Waals surface area (Å²) in [5.41, 5.74) is 1.21. The number of rotatable bonds is 2. The molecule has 2 aliphatic rings. The Hall–Kier alpha value is -2.90. The fourth-order valence-electron chi connectivity index (χ4n) is 3.29. The second kappa shape index (κ2) is 5.38. The van der Waals surface area contributed by atoms with Crippen LogP contribution in [0, 0.1) is 11.8 Å². The second-order valence-corrected chi connectivity index (χ2v) is 5.75. The Morgan fingerprint density at radius 1 is 1.09 bits per heavy atom. The topological polar surface area (TPSA) is 92.2 Å². The van der Waals surface area contributed by atoms with Crippen LogP contribution in [0.5, 0.6) is 0 Å². The van der Waals surface area contributed by atoms with Crippen LogP contribution in [0.3, 0.4) is 0 Å². The molecule has 0 aromatic carbocycles. The van der Waals surface area contributed by atoms with E-state index in [2.05, 4.69) is 20.2 Å². The molecule has 0 radical (unpaired) electrons. The zero-order chi connectivity index (χ0) is 15.8. The number of amides is 2. The summed E-state index contributed by atoms with van der Waals surface area (Å²) in [4.78, 5) is 36.4. The second-order valence-electron chi connectivity index (χ2n) is 5.75. The van der Waals surface area contributed by atoms with E-state index in [-0.39, 0.29) is 23.7 Å². The average molecular weight is 310 g/mol. The van der Waals surface area contributed by atoms with E-state index in [9.17, 15) is 9.59 Å². The van der Waals surface area contributed by atoms with E-state index in [1.54, 1.807) is 28.3 Å². The fourth-order valence-corrected chi connectivity index (χ4v) is 3.29. The van der Waals surface area contributed by atoms with Crippen molar-refractivity contribution < 1.29 is 9.59 Å². The maximum absolute atomic E-state index is 12.6. The zero-order valence-corrected chi connectivity index (χ0v) is 12.2. The van der Waals surface area contributed by atoms with Crippen LogP contribution in [0.1, 0.15) is 10.4 Å². The molecule has 23 heavy (non-hydrogen) atoms. The van der Waals surface area contributed by atoms with Crippen molar-refractivity contribution >= 4 is 17.5 Å². The molecule has 2 fully saturated rings. The summed E-state index contributed by atoms with van der Waals surface area (Å²) in [5, 5.41) is 7.40. The summed E-state index contributed by atoms with van der Waals surface area (Å²) in [6, 6.07) is 1.64. The van der Waals surface area contributed by atoms with Crippen molar-refractivity contribution in [1.29, 1.82) is 0 Å². The van der Waals surface area contributed by atoms with E-state index < -0.39 is 0 Å². The first kappa shape index (κ1) is 13.7. The summed E-state index contributed by atoms with van der Waals surface area (Å²) < 4.78 is 0. The van der Waals surface area contributed by atoms with Gasteiger partial charge in [-0.3, -0.25) is 9.59 Å². The maximum atomic E-state index is 12.6. The first-order valence-corrected chi connectivity index (χ1v) is 7.36. The molecule has 0 spiro atoms. The van der Waals surface area contributed by atoms with Crippen molar-refractivity contribution in [3.63, 3.8) is 0 Å². The summed E-state index contributed by atoms with van der Waals surface area (Å²) >= 11 is 0. The van der Waals surface area contributed by atoms with Crippen molar-refractivity contribution in [3.8, 4) is 0 Å². The SMILES string of the molecule is O=C(c1ccnnc1)N1C[C@@H]2CN(c3cncnc3)C(=O)[C@@H]2C1. The molecule has 116 valence electrons. The number of hydrogen-bond acceptors (Lipinski definition) is 6. The Morgan fingerprint density at radius 3 is 2.61 bits per heavy atom. The van der Waals surface area contributed by atoms with Gasteiger partial charge in [-0.2, -0.15) is 10.2 Å². The minimum atomic E-state index is -0.158. The molecule has 0 bridgehead atoms. The lowest BCUT2D eigenvalue weighted by molar-refractivity contribution is -0.120. The number of hydrogen-bond donors (Lipinski definition) is 0. The summed E-state index contributed by atoms with van der Waals surface area (Å²) in [7, 11) is 0. The van der Waals surface area contributed by atoms with Gasteiger partial charge < -0.3 is 9.80 Å². The molecule has 8 nitrogen and oxygen atoms in total. The molecular weight excluding hydrogens is 296 g/mol. The number of fused-ring (bicyclic) bond motifs is 1. The van der Waals surface area contributed by atoms with Gasteiger partial charge in [0.25, 0.3) is 5.91 Å². The molecule has 2 atom stereocenters. The molecule has 8 heteroatoms. The van der Waals surface area contributed by atoms with Crippen LogP contribution < -0.4 is 4.90 Å². The Balaban J connectivity index is 1.49. The van der Waals surface area contributed by atoms with Crippen molar-refractivity contribution in [2.75, 3.05) is 24.5 Å². The quantitative estimate of drug-likeness (QED) is 0.775. The number of aromatic nitrogens is 4. The molecule has 0 aliphatic carbocycles. The smallest absolute Gasteiger partial charge is 0.255 e. The largest absolute Gasteiger partial charge is 0.337 e. The third-order valence-electron chi connectivity index (χ3n) is 4.42. The van der Waals surface area contributed by atoms with Crippen LogP contribution in [0.2, 0.25) is 0 Å². The van der Waals surface area contributed by atoms with Crippen LogP contribution in [-0.2, 0) is 4.79 Å². The lowest BCUT2D eigenvalue weighted by Crippen LogP contribution is -2.35. The molecule has 0 unspecified atom stereocenters. The van der Waals surface area contributed by atoms with Gasteiger partial charge in [-0.25, -0.2) is 9.97 Å². The number of nitrogens with zero attached hydrogens (tertiary/aromatic N) is 6. The van der Waals surface area contributed by atoms with E-state index in [1.807, 2.05) is 0 Å². The van der Waals surface area contributed by atoms with E-state index in [4.69, 9.17) is 0 Å².